The molecule has 0 amide bonds. The number of hydrogen-bond acceptors (Lipinski definition) is 2. The highest BCUT2D eigenvalue weighted by Crippen LogP contribution is 2.40. The maximum absolute atomic E-state index is 11.8. The van der Waals surface area contributed by atoms with Crippen LogP contribution in [0.1, 0.15) is 32.6 Å². The minimum Gasteiger partial charge on any atom is -0.321 e. The van der Waals surface area contributed by atoms with E-state index in [0.717, 1.165) is 25.7 Å². The lowest BCUT2D eigenvalue weighted by Crippen LogP contribution is -2.07. The molecule has 0 aromatic heterocycles. The van der Waals surface area contributed by atoms with Crippen molar-refractivity contribution in [2.45, 2.75) is 32.6 Å². The third-order valence-electron chi connectivity index (χ3n) is 2.35. The van der Waals surface area contributed by atoms with Gasteiger partial charge in [-0.25, -0.2) is 0 Å². The van der Waals surface area contributed by atoms with Gasteiger partial charge in [0.25, 0.3) is 0 Å². The van der Waals surface area contributed by atoms with Crippen LogP contribution in [0.25, 0.3) is 0 Å². The second-order valence-electron chi connectivity index (χ2n) is 3.75. The van der Waals surface area contributed by atoms with E-state index in [4.69, 9.17) is 4.52 Å². The molecular weight excluding hydrogens is 223 g/mol. The molecular formula is C12H19O3P. The minimum absolute atomic E-state index is 0.350. The van der Waals surface area contributed by atoms with Gasteiger partial charge in [0, 0.05) is 0 Å². The SMILES string of the molecule is CCCCCCOP(=O)(O)c1ccccc1. The van der Waals surface area contributed by atoms with E-state index in [9.17, 15) is 9.46 Å². The molecule has 0 saturated heterocycles. The Hall–Kier alpha value is -0.630. The van der Waals surface area contributed by atoms with Gasteiger partial charge in [-0.3, -0.25) is 4.57 Å². The van der Waals surface area contributed by atoms with Crippen molar-refractivity contribution in [2.75, 3.05) is 6.61 Å². The third kappa shape index (κ3) is 4.48. The smallest absolute Gasteiger partial charge is 0.321 e. The fourth-order valence-corrected chi connectivity index (χ4v) is 2.48. The van der Waals surface area contributed by atoms with Gasteiger partial charge in [-0.2, -0.15) is 0 Å². The standard InChI is InChI=1S/C12H19O3P/c1-2-3-4-8-11-15-16(13,14)12-9-6-5-7-10-12/h5-7,9-10H,2-4,8,11H2,1H3,(H,13,14). The molecule has 16 heavy (non-hydrogen) atoms. The zero-order valence-corrected chi connectivity index (χ0v) is 10.5. The monoisotopic (exact) mass is 242 g/mol. The zero-order chi connectivity index (χ0) is 11.9. The van der Waals surface area contributed by atoms with E-state index in [-0.39, 0.29) is 0 Å². The minimum atomic E-state index is -3.59. The second-order valence-corrected chi connectivity index (χ2v) is 5.57. The summed E-state index contributed by atoms with van der Waals surface area (Å²) >= 11 is 0. The van der Waals surface area contributed by atoms with E-state index in [1.807, 2.05) is 6.07 Å². The van der Waals surface area contributed by atoms with Crippen LogP contribution in [0.3, 0.4) is 0 Å². The summed E-state index contributed by atoms with van der Waals surface area (Å²) < 4.78 is 16.9. The van der Waals surface area contributed by atoms with Crippen molar-refractivity contribution in [2.24, 2.45) is 0 Å². The molecule has 0 aliphatic rings. The summed E-state index contributed by atoms with van der Waals surface area (Å²) in [6.07, 6.45) is 4.18. The summed E-state index contributed by atoms with van der Waals surface area (Å²) in [5.41, 5.74) is 0. The van der Waals surface area contributed by atoms with E-state index in [0.29, 0.717) is 11.9 Å². The van der Waals surface area contributed by atoms with E-state index in [1.165, 1.54) is 0 Å². The summed E-state index contributed by atoms with van der Waals surface area (Å²) in [7, 11) is -3.59. The van der Waals surface area contributed by atoms with Gasteiger partial charge in [0.15, 0.2) is 0 Å². The quantitative estimate of drug-likeness (QED) is 0.590. The van der Waals surface area contributed by atoms with Crippen molar-refractivity contribution in [3.8, 4) is 0 Å². The van der Waals surface area contributed by atoms with E-state index in [1.54, 1.807) is 24.3 Å². The first-order valence-electron chi connectivity index (χ1n) is 5.70. The van der Waals surface area contributed by atoms with Crippen molar-refractivity contribution in [1.82, 2.24) is 0 Å². The molecule has 1 N–H and O–H groups in total. The molecule has 0 heterocycles. The van der Waals surface area contributed by atoms with Gasteiger partial charge in [0.05, 0.1) is 11.9 Å². The Balaban J connectivity index is 2.38. The van der Waals surface area contributed by atoms with Crippen LogP contribution in [0.15, 0.2) is 30.3 Å². The lowest BCUT2D eigenvalue weighted by atomic mass is 10.2. The van der Waals surface area contributed by atoms with Crippen LogP contribution >= 0.6 is 7.60 Å². The molecule has 1 rings (SSSR count). The molecule has 1 atom stereocenters. The van der Waals surface area contributed by atoms with Crippen LogP contribution < -0.4 is 5.30 Å². The predicted molar refractivity (Wildman–Crippen MR) is 66.0 cm³/mol. The van der Waals surface area contributed by atoms with Gasteiger partial charge in [-0.05, 0) is 18.6 Å². The second kappa shape index (κ2) is 6.85. The van der Waals surface area contributed by atoms with Gasteiger partial charge in [0.2, 0.25) is 0 Å². The Morgan fingerprint density at radius 2 is 1.88 bits per heavy atom. The molecule has 0 aliphatic carbocycles. The molecule has 1 aromatic rings. The fourth-order valence-electron chi connectivity index (χ4n) is 1.41. The topological polar surface area (TPSA) is 46.5 Å². The van der Waals surface area contributed by atoms with Crippen LogP contribution in [0.5, 0.6) is 0 Å². The number of hydrogen-bond donors (Lipinski definition) is 1. The number of benzene rings is 1. The maximum Gasteiger partial charge on any atom is 0.358 e. The van der Waals surface area contributed by atoms with Gasteiger partial charge in [-0.1, -0.05) is 44.4 Å². The summed E-state index contributed by atoms with van der Waals surface area (Å²) in [6, 6.07) is 8.52. The van der Waals surface area contributed by atoms with Crippen molar-refractivity contribution in [3.63, 3.8) is 0 Å². The summed E-state index contributed by atoms with van der Waals surface area (Å²) in [4.78, 5) is 9.68. The molecule has 0 fully saturated rings. The fraction of sp³-hybridized carbons (Fsp3) is 0.500. The van der Waals surface area contributed by atoms with Gasteiger partial charge >= 0.3 is 7.60 Å². The number of unbranched alkanes of at least 4 members (excludes halogenated alkanes) is 3. The predicted octanol–water partition coefficient (Wildman–Crippen LogP) is 3.09. The van der Waals surface area contributed by atoms with E-state index < -0.39 is 7.60 Å². The largest absolute Gasteiger partial charge is 0.358 e. The summed E-state index contributed by atoms with van der Waals surface area (Å²) in [5, 5.41) is 0.366. The van der Waals surface area contributed by atoms with Crippen LogP contribution in [0.4, 0.5) is 0 Å². The van der Waals surface area contributed by atoms with E-state index in [2.05, 4.69) is 6.92 Å². The van der Waals surface area contributed by atoms with Crippen LogP contribution in [-0.4, -0.2) is 11.5 Å². The molecule has 0 radical (unpaired) electrons. The molecule has 0 bridgehead atoms. The first-order chi connectivity index (χ1) is 7.67. The zero-order valence-electron chi connectivity index (χ0n) is 9.63. The van der Waals surface area contributed by atoms with Crippen molar-refractivity contribution < 1.29 is 14.0 Å². The van der Waals surface area contributed by atoms with Crippen molar-refractivity contribution in [3.05, 3.63) is 30.3 Å². The van der Waals surface area contributed by atoms with Crippen molar-refractivity contribution in [1.29, 1.82) is 0 Å². The number of rotatable bonds is 7. The first-order valence-corrected chi connectivity index (χ1v) is 7.27. The van der Waals surface area contributed by atoms with Crippen LogP contribution in [-0.2, 0) is 9.09 Å². The average molecular weight is 242 g/mol. The van der Waals surface area contributed by atoms with E-state index >= 15 is 0 Å². The Kier molecular flexibility index (Phi) is 5.75. The summed E-state index contributed by atoms with van der Waals surface area (Å²) in [6.45, 7) is 2.48. The highest BCUT2D eigenvalue weighted by atomic mass is 31.2. The van der Waals surface area contributed by atoms with Gasteiger partial charge in [-0.15, -0.1) is 0 Å². The van der Waals surface area contributed by atoms with Crippen LogP contribution in [0.2, 0.25) is 0 Å². The Morgan fingerprint density at radius 3 is 2.50 bits per heavy atom. The lowest BCUT2D eigenvalue weighted by Gasteiger charge is -2.11. The Morgan fingerprint density at radius 1 is 1.19 bits per heavy atom. The first kappa shape index (κ1) is 13.4. The summed E-state index contributed by atoms with van der Waals surface area (Å²) in [5.74, 6) is 0. The molecule has 4 heteroatoms. The highest BCUT2D eigenvalue weighted by Gasteiger charge is 2.21. The molecule has 0 aliphatic heterocycles. The molecule has 1 aromatic carbocycles. The Labute approximate surface area is 97.0 Å². The third-order valence-corrected chi connectivity index (χ3v) is 3.83. The normalized spacial score (nSPS) is 14.6. The molecule has 0 spiro atoms. The van der Waals surface area contributed by atoms with Gasteiger partial charge in [0.1, 0.15) is 0 Å². The molecule has 1 unspecified atom stereocenters. The highest BCUT2D eigenvalue weighted by molar-refractivity contribution is 7.61. The average Bonchev–Trinajstić information content (AvgIpc) is 2.30. The van der Waals surface area contributed by atoms with Gasteiger partial charge < -0.3 is 9.42 Å². The Bertz CT molecular complexity index is 337. The van der Waals surface area contributed by atoms with Crippen molar-refractivity contribution >= 4 is 12.9 Å². The molecule has 3 nitrogen and oxygen atoms in total. The molecule has 0 saturated carbocycles. The maximum atomic E-state index is 11.8. The van der Waals surface area contributed by atoms with Crippen LogP contribution in [0, 0.1) is 0 Å². The lowest BCUT2D eigenvalue weighted by molar-refractivity contribution is 0.262. The molecule has 90 valence electrons.